The van der Waals surface area contributed by atoms with E-state index in [1.54, 1.807) is 6.20 Å². The third kappa shape index (κ3) is 3.70. The smallest absolute Gasteiger partial charge is 0.318 e. The highest BCUT2D eigenvalue weighted by Gasteiger charge is 2.23. The summed E-state index contributed by atoms with van der Waals surface area (Å²) in [5.74, 6) is 1.20. The van der Waals surface area contributed by atoms with Gasteiger partial charge >= 0.3 is 6.01 Å². The number of aromatic nitrogens is 2. The lowest BCUT2D eigenvalue weighted by atomic mass is 9.84. The molecule has 1 fully saturated rings. The summed E-state index contributed by atoms with van der Waals surface area (Å²) in [4.78, 5) is 8.21. The first-order valence-electron chi connectivity index (χ1n) is 6.77. The van der Waals surface area contributed by atoms with E-state index in [0.29, 0.717) is 29.3 Å². The molecule has 106 valence electrons. The minimum atomic E-state index is 0.206. The lowest BCUT2D eigenvalue weighted by Gasteiger charge is -2.30. The Balaban J connectivity index is 2.08. The normalized spacial score (nSPS) is 18.1. The number of hydrogen-bond acceptors (Lipinski definition) is 5. The van der Waals surface area contributed by atoms with Crippen LogP contribution in [0.15, 0.2) is 6.20 Å². The molecule has 19 heavy (non-hydrogen) atoms. The monoisotopic (exact) mass is 284 g/mol. The van der Waals surface area contributed by atoms with Gasteiger partial charge in [0.05, 0.1) is 13.3 Å². The Bertz CT molecular complexity index is 410. The predicted molar refractivity (Wildman–Crippen MR) is 76.6 cm³/mol. The van der Waals surface area contributed by atoms with Gasteiger partial charge in [-0.1, -0.05) is 30.9 Å². The third-order valence-electron chi connectivity index (χ3n) is 3.70. The van der Waals surface area contributed by atoms with Crippen molar-refractivity contribution in [1.82, 2.24) is 9.97 Å². The Labute approximate surface area is 118 Å². The minimum Gasteiger partial charge on any atom is -0.467 e. The molecule has 6 heteroatoms. The van der Waals surface area contributed by atoms with Crippen molar-refractivity contribution in [3.05, 3.63) is 11.2 Å². The van der Waals surface area contributed by atoms with Gasteiger partial charge in [-0.2, -0.15) is 4.98 Å². The molecule has 0 aliphatic heterocycles. The molecule has 0 saturated heterocycles. The molecule has 1 unspecified atom stereocenters. The molecule has 1 heterocycles. The first-order chi connectivity index (χ1) is 9.24. The summed E-state index contributed by atoms with van der Waals surface area (Å²) in [5.41, 5.74) is 5.89. The molecule has 0 aromatic carbocycles. The quantitative estimate of drug-likeness (QED) is 0.869. The SMILES string of the molecule is COc1ncc(Cl)c(NC(CN)C2CCCCC2)n1. The number of rotatable bonds is 5. The molecule has 1 aromatic heterocycles. The van der Waals surface area contributed by atoms with Gasteiger partial charge in [-0.3, -0.25) is 0 Å². The van der Waals surface area contributed by atoms with Crippen LogP contribution in [-0.2, 0) is 0 Å². The van der Waals surface area contributed by atoms with E-state index in [-0.39, 0.29) is 6.04 Å². The molecule has 1 aromatic rings. The van der Waals surface area contributed by atoms with E-state index in [2.05, 4.69) is 15.3 Å². The third-order valence-corrected chi connectivity index (χ3v) is 3.98. The van der Waals surface area contributed by atoms with Crippen LogP contribution in [0.25, 0.3) is 0 Å². The molecule has 0 radical (unpaired) electrons. The zero-order valence-corrected chi connectivity index (χ0v) is 12.0. The molecular formula is C13H21ClN4O. The minimum absolute atomic E-state index is 0.206. The number of ether oxygens (including phenoxy) is 1. The second-order valence-corrected chi connectivity index (χ2v) is 5.35. The summed E-state index contributed by atoms with van der Waals surface area (Å²) in [6, 6.07) is 0.517. The number of hydrogen-bond donors (Lipinski definition) is 2. The van der Waals surface area contributed by atoms with E-state index in [4.69, 9.17) is 22.1 Å². The zero-order chi connectivity index (χ0) is 13.7. The van der Waals surface area contributed by atoms with Crippen molar-refractivity contribution < 1.29 is 4.74 Å². The maximum atomic E-state index is 6.11. The van der Waals surface area contributed by atoms with Crippen molar-refractivity contribution >= 4 is 17.4 Å². The molecule has 5 nitrogen and oxygen atoms in total. The molecule has 0 bridgehead atoms. The second-order valence-electron chi connectivity index (χ2n) is 4.94. The Hall–Kier alpha value is -1.07. The van der Waals surface area contributed by atoms with Crippen molar-refractivity contribution in [1.29, 1.82) is 0 Å². The highest BCUT2D eigenvalue weighted by molar-refractivity contribution is 6.32. The van der Waals surface area contributed by atoms with Crippen LogP contribution in [0.1, 0.15) is 32.1 Å². The molecule has 1 saturated carbocycles. The van der Waals surface area contributed by atoms with Gasteiger partial charge in [-0.05, 0) is 18.8 Å². The van der Waals surface area contributed by atoms with E-state index >= 15 is 0 Å². The number of nitrogens with zero attached hydrogens (tertiary/aromatic N) is 2. The molecule has 1 aliphatic carbocycles. The summed E-state index contributed by atoms with van der Waals surface area (Å²) in [6.07, 6.45) is 7.87. The first-order valence-corrected chi connectivity index (χ1v) is 7.15. The lowest BCUT2D eigenvalue weighted by Crippen LogP contribution is -2.37. The number of anilines is 1. The average Bonchev–Trinajstić information content (AvgIpc) is 2.47. The van der Waals surface area contributed by atoms with Gasteiger partial charge in [0.25, 0.3) is 0 Å². The van der Waals surface area contributed by atoms with E-state index in [1.807, 2.05) is 0 Å². The van der Waals surface area contributed by atoms with Crippen LogP contribution in [0.4, 0.5) is 5.82 Å². The van der Waals surface area contributed by atoms with Gasteiger partial charge in [0.2, 0.25) is 0 Å². The van der Waals surface area contributed by atoms with Crippen LogP contribution in [-0.4, -0.2) is 29.7 Å². The zero-order valence-electron chi connectivity index (χ0n) is 11.2. The molecule has 2 rings (SSSR count). The van der Waals surface area contributed by atoms with Crippen LogP contribution in [0, 0.1) is 5.92 Å². The maximum Gasteiger partial charge on any atom is 0.318 e. The number of halogens is 1. The Morgan fingerprint density at radius 2 is 2.21 bits per heavy atom. The Morgan fingerprint density at radius 1 is 1.47 bits per heavy atom. The molecule has 0 amide bonds. The summed E-state index contributed by atoms with van der Waals surface area (Å²) >= 11 is 6.11. The fourth-order valence-electron chi connectivity index (χ4n) is 2.63. The summed E-state index contributed by atoms with van der Waals surface area (Å²) in [7, 11) is 1.54. The van der Waals surface area contributed by atoms with Crippen LogP contribution < -0.4 is 15.8 Å². The van der Waals surface area contributed by atoms with Crippen LogP contribution in [0.2, 0.25) is 5.02 Å². The van der Waals surface area contributed by atoms with Crippen molar-refractivity contribution in [3.63, 3.8) is 0 Å². The molecule has 0 spiro atoms. The maximum absolute atomic E-state index is 6.11. The van der Waals surface area contributed by atoms with Crippen molar-refractivity contribution in [3.8, 4) is 6.01 Å². The van der Waals surface area contributed by atoms with Crippen molar-refractivity contribution in [2.75, 3.05) is 19.0 Å². The molecule has 1 atom stereocenters. The van der Waals surface area contributed by atoms with E-state index in [0.717, 1.165) is 0 Å². The van der Waals surface area contributed by atoms with Crippen LogP contribution in [0.3, 0.4) is 0 Å². The number of nitrogens with two attached hydrogens (primary N) is 1. The van der Waals surface area contributed by atoms with E-state index in [1.165, 1.54) is 39.2 Å². The number of methoxy groups -OCH3 is 1. The van der Waals surface area contributed by atoms with Crippen molar-refractivity contribution in [2.45, 2.75) is 38.1 Å². The van der Waals surface area contributed by atoms with Gasteiger partial charge in [-0.25, -0.2) is 4.98 Å². The highest BCUT2D eigenvalue weighted by Crippen LogP contribution is 2.29. The number of nitrogens with one attached hydrogen (secondary N) is 1. The average molecular weight is 285 g/mol. The van der Waals surface area contributed by atoms with E-state index < -0.39 is 0 Å². The topological polar surface area (TPSA) is 73.1 Å². The summed E-state index contributed by atoms with van der Waals surface area (Å²) < 4.78 is 5.02. The van der Waals surface area contributed by atoms with Gasteiger partial charge < -0.3 is 15.8 Å². The first kappa shape index (κ1) is 14.3. The fraction of sp³-hybridized carbons (Fsp3) is 0.692. The van der Waals surface area contributed by atoms with Gasteiger partial charge in [0.15, 0.2) is 5.82 Å². The molecule has 1 aliphatic rings. The molecular weight excluding hydrogens is 264 g/mol. The van der Waals surface area contributed by atoms with Gasteiger partial charge in [0, 0.05) is 12.6 Å². The second kappa shape index (κ2) is 6.91. The Kier molecular flexibility index (Phi) is 5.22. The summed E-state index contributed by atoms with van der Waals surface area (Å²) in [6.45, 7) is 0.577. The standard InChI is InChI=1S/C13H21ClN4O/c1-19-13-16-8-10(14)12(18-13)17-11(7-15)9-5-3-2-4-6-9/h8-9,11H,2-7,15H2,1H3,(H,16,17,18). The Morgan fingerprint density at radius 3 is 2.84 bits per heavy atom. The van der Waals surface area contributed by atoms with Crippen molar-refractivity contribution in [2.24, 2.45) is 11.7 Å². The summed E-state index contributed by atoms with van der Waals surface area (Å²) in [5, 5.41) is 3.85. The predicted octanol–water partition coefficient (Wildman–Crippen LogP) is 2.46. The fourth-order valence-corrected chi connectivity index (χ4v) is 2.78. The largest absolute Gasteiger partial charge is 0.467 e. The van der Waals surface area contributed by atoms with Gasteiger partial charge in [0.1, 0.15) is 5.02 Å². The van der Waals surface area contributed by atoms with E-state index in [9.17, 15) is 0 Å². The lowest BCUT2D eigenvalue weighted by molar-refractivity contribution is 0.319. The molecule has 3 N–H and O–H groups in total. The van der Waals surface area contributed by atoms with Crippen LogP contribution in [0.5, 0.6) is 6.01 Å². The highest BCUT2D eigenvalue weighted by atomic mass is 35.5. The van der Waals surface area contributed by atoms with Gasteiger partial charge in [-0.15, -0.1) is 0 Å². The van der Waals surface area contributed by atoms with Crippen LogP contribution >= 0.6 is 11.6 Å².